The number of carbonyl (C=O) groups excluding carboxylic acids is 2. The molecule has 5 nitrogen and oxygen atoms in total. The van der Waals surface area contributed by atoms with Crippen LogP contribution in [0.2, 0.25) is 0 Å². The Kier molecular flexibility index (Phi) is 8.23. The van der Waals surface area contributed by atoms with Gasteiger partial charge < -0.3 is 16.4 Å². The summed E-state index contributed by atoms with van der Waals surface area (Å²) in [4.78, 5) is 25.1. The molecule has 0 aromatic heterocycles. The second-order valence-electron chi connectivity index (χ2n) is 7.79. The van der Waals surface area contributed by atoms with E-state index >= 15 is 0 Å². The Balaban J connectivity index is 0.00000300. The number of halogens is 1. The van der Waals surface area contributed by atoms with Gasteiger partial charge in [-0.1, -0.05) is 43.5 Å². The van der Waals surface area contributed by atoms with Gasteiger partial charge in [0.1, 0.15) is 0 Å². The molecule has 0 atom stereocenters. The molecule has 29 heavy (non-hydrogen) atoms. The fraction of sp³-hybridized carbons (Fsp3) is 0.391. The highest BCUT2D eigenvalue weighted by Crippen LogP contribution is 2.38. The minimum absolute atomic E-state index is 0. The van der Waals surface area contributed by atoms with E-state index in [9.17, 15) is 9.59 Å². The summed E-state index contributed by atoms with van der Waals surface area (Å²) >= 11 is 0. The molecule has 2 aromatic carbocycles. The van der Waals surface area contributed by atoms with Crippen molar-refractivity contribution in [1.82, 2.24) is 0 Å². The smallest absolute Gasteiger partial charge is 0.255 e. The van der Waals surface area contributed by atoms with Crippen LogP contribution in [0, 0.1) is 12.3 Å². The van der Waals surface area contributed by atoms with Crippen LogP contribution in [0.1, 0.15) is 54.4 Å². The first-order chi connectivity index (χ1) is 13.5. The Hall–Kier alpha value is -2.37. The Morgan fingerprint density at radius 1 is 0.931 bits per heavy atom. The number of anilines is 2. The molecule has 1 saturated carbocycles. The molecule has 1 aliphatic carbocycles. The van der Waals surface area contributed by atoms with Crippen LogP contribution in [-0.2, 0) is 4.79 Å². The number of amides is 2. The Morgan fingerprint density at radius 3 is 2.17 bits per heavy atom. The van der Waals surface area contributed by atoms with E-state index in [-0.39, 0.29) is 29.6 Å². The van der Waals surface area contributed by atoms with Crippen LogP contribution in [0.25, 0.3) is 0 Å². The largest absolute Gasteiger partial charge is 0.330 e. The number of carbonyl (C=O) groups is 2. The summed E-state index contributed by atoms with van der Waals surface area (Å²) in [5, 5.41) is 5.95. The minimum Gasteiger partial charge on any atom is -0.330 e. The predicted octanol–water partition coefficient (Wildman–Crippen LogP) is 4.91. The van der Waals surface area contributed by atoms with E-state index in [1.807, 2.05) is 43.3 Å². The average molecular weight is 416 g/mol. The number of hydrogen-bond acceptors (Lipinski definition) is 3. The fourth-order valence-electron chi connectivity index (χ4n) is 3.98. The summed E-state index contributed by atoms with van der Waals surface area (Å²) in [6.45, 7) is 2.45. The molecule has 0 spiro atoms. The molecule has 2 aromatic rings. The zero-order chi connectivity index (χ0) is 20.0. The molecule has 1 fully saturated rings. The summed E-state index contributed by atoms with van der Waals surface area (Å²) in [6.07, 6.45) is 6.00. The Morgan fingerprint density at radius 2 is 1.55 bits per heavy atom. The number of rotatable bonds is 6. The highest BCUT2D eigenvalue weighted by molar-refractivity contribution is 6.05. The first kappa shape index (κ1) is 22.9. The lowest BCUT2D eigenvalue weighted by atomic mass is 9.71. The summed E-state index contributed by atoms with van der Waals surface area (Å²) in [6, 6.07) is 14.6. The van der Waals surface area contributed by atoms with Crippen LogP contribution in [0.4, 0.5) is 11.4 Å². The molecule has 0 bridgehead atoms. The van der Waals surface area contributed by atoms with E-state index in [0.29, 0.717) is 24.2 Å². The van der Waals surface area contributed by atoms with Gasteiger partial charge in [0.25, 0.3) is 5.91 Å². The number of benzene rings is 2. The van der Waals surface area contributed by atoms with E-state index in [4.69, 9.17) is 5.73 Å². The van der Waals surface area contributed by atoms with Crippen LogP contribution in [-0.4, -0.2) is 18.4 Å². The van der Waals surface area contributed by atoms with Gasteiger partial charge in [0.05, 0.1) is 0 Å². The first-order valence-corrected chi connectivity index (χ1v) is 9.99. The zero-order valence-electron chi connectivity index (χ0n) is 16.9. The van der Waals surface area contributed by atoms with E-state index in [1.54, 1.807) is 12.1 Å². The molecule has 0 saturated heterocycles. The highest BCUT2D eigenvalue weighted by atomic mass is 35.5. The lowest BCUT2D eigenvalue weighted by Crippen LogP contribution is -2.36. The number of nitrogens with two attached hydrogens (primary N) is 1. The maximum atomic E-state index is 12.7. The van der Waals surface area contributed by atoms with E-state index in [2.05, 4.69) is 10.6 Å². The van der Waals surface area contributed by atoms with Crippen molar-refractivity contribution in [3.05, 3.63) is 59.7 Å². The third-order valence-corrected chi connectivity index (χ3v) is 5.77. The fourth-order valence-corrected chi connectivity index (χ4v) is 3.98. The van der Waals surface area contributed by atoms with Crippen molar-refractivity contribution in [2.75, 3.05) is 17.2 Å². The van der Waals surface area contributed by atoms with Gasteiger partial charge in [0.2, 0.25) is 5.91 Å². The van der Waals surface area contributed by atoms with Gasteiger partial charge in [0, 0.05) is 23.4 Å². The second kappa shape index (κ2) is 10.4. The maximum absolute atomic E-state index is 12.7. The lowest BCUT2D eigenvalue weighted by molar-refractivity contribution is -0.118. The first-order valence-electron chi connectivity index (χ1n) is 9.99. The maximum Gasteiger partial charge on any atom is 0.255 e. The van der Waals surface area contributed by atoms with Gasteiger partial charge in [-0.25, -0.2) is 0 Å². The van der Waals surface area contributed by atoms with E-state index in [0.717, 1.165) is 36.9 Å². The molecule has 2 amide bonds. The van der Waals surface area contributed by atoms with Crippen LogP contribution >= 0.6 is 12.4 Å². The molecule has 1 aliphatic rings. The summed E-state index contributed by atoms with van der Waals surface area (Å²) in [5.41, 5.74) is 8.79. The van der Waals surface area contributed by atoms with Gasteiger partial charge in [-0.3, -0.25) is 9.59 Å². The molecule has 0 unspecified atom stereocenters. The van der Waals surface area contributed by atoms with Gasteiger partial charge in [0.15, 0.2) is 0 Å². The van der Waals surface area contributed by atoms with Crippen molar-refractivity contribution < 1.29 is 9.59 Å². The van der Waals surface area contributed by atoms with Crippen molar-refractivity contribution in [3.8, 4) is 0 Å². The Labute approximate surface area is 178 Å². The third-order valence-electron chi connectivity index (χ3n) is 5.77. The molecular weight excluding hydrogens is 386 g/mol. The van der Waals surface area contributed by atoms with Crippen molar-refractivity contribution in [2.45, 2.75) is 45.4 Å². The molecule has 156 valence electrons. The number of hydrogen-bond donors (Lipinski definition) is 3. The van der Waals surface area contributed by atoms with Gasteiger partial charge >= 0.3 is 0 Å². The van der Waals surface area contributed by atoms with Gasteiger partial charge in [-0.15, -0.1) is 12.4 Å². The third kappa shape index (κ3) is 5.81. The Bertz CT molecular complexity index is 833. The van der Waals surface area contributed by atoms with Crippen molar-refractivity contribution in [3.63, 3.8) is 0 Å². The quantitative estimate of drug-likeness (QED) is 0.626. The summed E-state index contributed by atoms with van der Waals surface area (Å²) in [7, 11) is 0. The van der Waals surface area contributed by atoms with Gasteiger partial charge in [-0.05, 0) is 61.6 Å². The molecule has 0 aliphatic heterocycles. The van der Waals surface area contributed by atoms with Crippen molar-refractivity contribution in [1.29, 1.82) is 0 Å². The minimum atomic E-state index is -0.170. The predicted molar refractivity (Wildman–Crippen MR) is 121 cm³/mol. The van der Waals surface area contributed by atoms with Crippen LogP contribution in [0.3, 0.4) is 0 Å². The highest BCUT2D eigenvalue weighted by Gasteiger charge is 2.33. The molecule has 3 rings (SSSR count). The van der Waals surface area contributed by atoms with Crippen LogP contribution in [0.5, 0.6) is 0 Å². The molecule has 4 N–H and O–H groups in total. The van der Waals surface area contributed by atoms with Crippen molar-refractivity contribution >= 4 is 35.6 Å². The number of nitrogens with one attached hydrogen (secondary N) is 2. The lowest BCUT2D eigenvalue weighted by Gasteiger charge is -2.35. The van der Waals surface area contributed by atoms with Gasteiger partial charge in [-0.2, -0.15) is 0 Å². The average Bonchev–Trinajstić information content (AvgIpc) is 2.72. The molecular formula is C23H30ClN3O2. The van der Waals surface area contributed by atoms with Crippen LogP contribution in [0.15, 0.2) is 48.5 Å². The monoisotopic (exact) mass is 415 g/mol. The van der Waals surface area contributed by atoms with Crippen molar-refractivity contribution in [2.24, 2.45) is 11.1 Å². The summed E-state index contributed by atoms with van der Waals surface area (Å²) < 4.78 is 0. The molecule has 0 radical (unpaired) electrons. The van der Waals surface area contributed by atoms with E-state index in [1.165, 1.54) is 6.42 Å². The molecule has 6 heteroatoms. The topological polar surface area (TPSA) is 84.2 Å². The second-order valence-corrected chi connectivity index (χ2v) is 7.79. The normalized spacial score (nSPS) is 15.1. The van der Waals surface area contributed by atoms with Crippen LogP contribution < -0.4 is 16.4 Å². The SMILES string of the molecule is Cc1c(NC(=O)CC2(CN)CCCCC2)cccc1NC(=O)c1ccccc1.Cl. The molecule has 0 heterocycles. The van der Waals surface area contributed by atoms with E-state index < -0.39 is 0 Å². The summed E-state index contributed by atoms with van der Waals surface area (Å²) in [5.74, 6) is -0.182. The zero-order valence-corrected chi connectivity index (χ0v) is 17.7. The standard InChI is InChI=1S/C23H29N3O2.ClH/c1-17-19(25-21(27)15-23(16-24)13-6-3-7-14-23)11-8-12-20(17)26-22(28)18-9-4-2-5-10-18;/h2,4-5,8-12H,3,6-7,13-16,24H2,1H3,(H,25,27)(H,26,28);1H.